The number of rotatable bonds is 8. The van der Waals surface area contributed by atoms with Gasteiger partial charge < -0.3 is 19.5 Å². The maximum absolute atomic E-state index is 12.6. The number of hydrogen-bond acceptors (Lipinski definition) is 4. The van der Waals surface area contributed by atoms with E-state index in [1.165, 1.54) is 14.2 Å². The van der Waals surface area contributed by atoms with Crippen LogP contribution in [0.5, 0.6) is 17.2 Å². The SMILES string of the molecule is COc1cc(CN[C@H](C)c2ccccc2Br)cc(OC)c1OC(F)F. The first-order chi connectivity index (χ1) is 12.0. The summed E-state index contributed by atoms with van der Waals surface area (Å²) >= 11 is 3.53. The summed E-state index contributed by atoms with van der Waals surface area (Å²) in [5, 5.41) is 3.39. The standard InChI is InChI=1S/C18H20BrF2NO3/c1-11(13-6-4-5-7-14(13)19)22-10-12-8-15(23-2)17(25-18(20)21)16(9-12)24-3/h4-9,11,18,22H,10H2,1-3H3/t11-/m1/s1. The van der Waals surface area contributed by atoms with E-state index >= 15 is 0 Å². The Labute approximate surface area is 154 Å². The van der Waals surface area contributed by atoms with E-state index in [0.29, 0.717) is 6.54 Å². The summed E-state index contributed by atoms with van der Waals surface area (Å²) in [5.41, 5.74) is 1.95. The molecular formula is C18H20BrF2NO3. The minimum absolute atomic E-state index is 0.0876. The first-order valence-corrected chi connectivity index (χ1v) is 8.43. The molecule has 0 unspecified atom stereocenters. The van der Waals surface area contributed by atoms with E-state index in [4.69, 9.17) is 9.47 Å². The largest absolute Gasteiger partial charge is 0.493 e. The molecule has 136 valence electrons. The first-order valence-electron chi connectivity index (χ1n) is 7.63. The molecule has 4 nitrogen and oxygen atoms in total. The summed E-state index contributed by atoms with van der Waals surface area (Å²) in [6.45, 7) is -0.408. The van der Waals surface area contributed by atoms with Crippen LogP contribution in [0.25, 0.3) is 0 Å². The van der Waals surface area contributed by atoms with Crippen molar-refractivity contribution in [3.8, 4) is 17.2 Å². The van der Waals surface area contributed by atoms with Crippen molar-refractivity contribution in [1.29, 1.82) is 0 Å². The second-order valence-electron chi connectivity index (χ2n) is 5.33. The molecule has 0 aliphatic heterocycles. The molecule has 1 atom stereocenters. The molecule has 0 aliphatic rings. The minimum Gasteiger partial charge on any atom is -0.493 e. The van der Waals surface area contributed by atoms with Crippen LogP contribution in [0, 0.1) is 0 Å². The van der Waals surface area contributed by atoms with Gasteiger partial charge in [0, 0.05) is 17.1 Å². The first kappa shape index (κ1) is 19.5. The molecule has 0 heterocycles. The van der Waals surface area contributed by atoms with Gasteiger partial charge in [-0.15, -0.1) is 0 Å². The Morgan fingerprint density at radius 1 is 1.08 bits per heavy atom. The molecule has 25 heavy (non-hydrogen) atoms. The Morgan fingerprint density at radius 2 is 1.68 bits per heavy atom. The fraction of sp³-hybridized carbons (Fsp3) is 0.333. The summed E-state index contributed by atoms with van der Waals surface area (Å²) in [6.07, 6.45) is 0. The van der Waals surface area contributed by atoms with Gasteiger partial charge in [0.2, 0.25) is 5.75 Å². The van der Waals surface area contributed by atoms with E-state index in [9.17, 15) is 8.78 Å². The number of benzene rings is 2. The third-order valence-corrected chi connectivity index (χ3v) is 4.43. The lowest BCUT2D eigenvalue weighted by Crippen LogP contribution is -2.18. The Hall–Kier alpha value is -1.86. The zero-order valence-corrected chi connectivity index (χ0v) is 15.8. The lowest BCUT2D eigenvalue weighted by atomic mass is 10.1. The van der Waals surface area contributed by atoms with Crippen LogP contribution < -0.4 is 19.5 Å². The topological polar surface area (TPSA) is 39.7 Å². The van der Waals surface area contributed by atoms with Crippen molar-refractivity contribution in [2.45, 2.75) is 26.1 Å². The molecule has 0 saturated carbocycles. The Bertz CT molecular complexity index is 687. The van der Waals surface area contributed by atoms with Gasteiger partial charge >= 0.3 is 6.61 Å². The van der Waals surface area contributed by atoms with Crippen molar-refractivity contribution in [2.24, 2.45) is 0 Å². The molecule has 0 amide bonds. The number of nitrogens with one attached hydrogen (secondary N) is 1. The van der Waals surface area contributed by atoms with E-state index in [1.54, 1.807) is 12.1 Å². The highest BCUT2D eigenvalue weighted by Crippen LogP contribution is 2.39. The van der Waals surface area contributed by atoms with Gasteiger partial charge in [-0.05, 0) is 36.2 Å². The molecule has 0 fully saturated rings. The van der Waals surface area contributed by atoms with Crippen LogP contribution in [0.15, 0.2) is 40.9 Å². The molecular weight excluding hydrogens is 396 g/mol. The lowest BCUT2D eigenvalue weighted by Gasteiger charge is -2.18. The monoisotopic (exact) mass is 415 g/mol. The van der Waals surface area contributed by atoms with Gasteiger partial charge in [0.25, 0.3) is 0 Å². The van der Waals surface area contributed by atoms with E-state index in [2.05, 4.69) is 26.0 Å². The molecule has 2 aromatic rings. The average molecular weight is 416 g/mol. The number of ether oxygens (including phenoxy) is 3. The second kappa shape index (κ2) is 9.01. The van der Waals surface area contributed by atoms with Gasteiger partial charge in [-0.2, -0.15) is 8.78 Å². The van der Waals surface area contributed by atoms with Crippen LogP contribution in [0.1, 0.15) is 24.1 Å². The van der Waals surface area contributed by atoms with Crippen molar-refractivity contribution in [3.63, 3.8) is 0 Å². The van der Waals surface area contributed by atoms with Crippen LogP contribution in [-0.4, -0.2) is 20.8 Å². The minimum atomic E-state index is -2.96. The molecule has 7 heteroatoms. The summed E-state index contributed by atoms with van der Waals surface area (Å²) in [4.78, 5) is 0. The molecule has 0 saturated heterocycles. The maximum atomic E-state index is 12.6. The third-order valence-electron chi connectivity index (χ3n) is 3.71. The fourth-order valence-electron chi connectivity index (χ4n) is 2.45. The van der Waals surface area contributed by atoms with E-state index in [-0.39, 0.29) is 23.3 Å². The van der Waals surface area contributed by atoms with Gasteiger partial charge in [0.1, 0.15) is 0 Å². The van der Waals surface area contributed by atoms with Gasteiger partial charge in [0.15, 0.2) is 11.5 Å². The van der Waals surface area contributed by atoms with Gasteiger partial charge in [-0.25, -0.2) is 0 Å². The van der Waals surface area contributed by atoms with Crippen LogP contribution in [0.2, 0.25) is 0 Å². The van der Waals surface area contributed by atoms with Gasteiger partial charge in [-0.3, -0.25) is 0 Å². The molecule has 0 radical (unpaired) electrons. The molecule has 0 spiro atoms. The number of methoxy groups -OCH3 is 2. The molecule has 1 N–H and O–H groups in total. The third kappa shape index (κ3) is 5.06. The van der Waals surface area contributed by atoms with Crippen LogP contribution >= 0.6 is 15.9 Å². The highest BCUT2D eigenvalue weighted by Gasteiger charge is 2.18. The number of alkyl halides is 2. The molecule has 2 aromatic carbocycles. The zero-order chi connectivity index (χ0) is 18.4. The second-order valence-corrected chi connectivity index (χ2v) is 6.19. The lowest BCUT2D eigenvalue weighted by molar-refractivity contribution is -0.0526. The summed E-state index contributed by atoms with van der Waals surface area (Å²) in [6, 6.07) is 11.3. The van der Waals surface area contributed by atoms with E-state index in [0.717, 1.165) is 15.6 Å². The van der Waals surface area contributed by atoms with Crippen molar-refractivity contribution in [1.82, 2.24) is 5.32 Å². The molecule has 0 aliphatic carbocycles. The van der Waals surface area contributed by atoms with Crippen molar-refractivity contribution in [3.05, 3.63) is 52.0 Å². The van der Waals surface area contributed by atoms with Gasteiger partial charge in [-0.1, -0.05) is 34.1 Å². The fourth-order valence-corrected chi connectivity index (χ4v) is 3.08. The van der Waals surface area contributed by atoms with Crippen molar-refractivity contribution < 1.29 is 23.0 Å². The van der Waals surface area contributed by atoms with Crippen molar-refractivity contribution >= 4 is 15.9 Å². The van der Waals surface area contributed by atoms with E-state index in [1.807, 2.05) is 31.2 Å². The average Bonchev–Trinajstić information content (AvgIpc) is 2.60. The van der Waals surface area contributed by atoms with E-state index < -0.39 is 6.61 Å². The quantitative estimate of drug-likeness (QED) is 0.664. The normalized spacial score (nSPS) is 12.1. The Balaban J connectivity index is 2.18. The molecule has 0 aromatic heterocycles. The Kier molecular flexibility index (Phi) is 7.01. The summed E-state index contributed by atoms with van der Waals surface area (Å²) < 4.78 is 41.0. The highest BCUT2D eigenvalue weighted by atomic mass is 79.9. The summed E-state index contributed by atoms with van der Waals surface area (Å²) in [5.74, 6) is 0.289. The number of halogens is 3. The Morgan fingerprint density at radius 3 is 2.20 bits per heavy atom. The predicted molar refractivity (Wildman–Crippen MR) is 95.6 cm³/mol. The van der Waals surface area contributed by atoms with Crippen molar-refractivity contribution in [2.75, 3.05) is 14.2 Å². The molecule has 2 rings (SSSR count). The van der Waals surface area contributed by atoms with Crippen LogP contribution in [-0.2, 0) is 6.54 Å². The summed E-state index contributed by atoms with van der Waals surface area (Å²) in [7, 11) is 2.79. The smallest absolute Gasteiger partial charge is 0.387 e. The zero-order valence-electron chi connectivity index (χ0n) is 14.2. The van der Waals surface area contributed by atoms with Crippen LogP contribution in [0.3, 0.4) is 0 Å². The highest BCUT2D eigenvalue weighted by molar-refractivity contribution is 9.10. The molecule has 0 bridgehead atoms. The number of hydrogen-bond donors (Lipinski definition) is 1. The van der Waals surface area contributed by atoms with Crippen LogP contribution in [0.4, 0.5) is 8.78 Å². The maximum Gasteiger partial charge on any atom is 0.387 e. The predicted octanol–water partition coefficient (Wildman–Crippen LogP) is 4.92. The van der Waals surface area contributed by atoms with Gasteiger partial charge in [0.05, 0.1) is 14.2 Å².